The first-order valence-corrected chi connectivity index (χ1v) is 6.04. The van der Waals surface area contributed by atoms with Gasteiger partial charge in [-0.2, -0.15) is 0 Å². The average Bonchev–Trinajstić information content (AvgIpc) is 2.37. The minimum Gasteiger partial charge on any atom is -0.398 e. The number of hydrogen-bond donors (Lipinski definition) is 2. The molecule has 0 aliphatic heterocycles. The maximum absolute atomic E-state index is 13.2. The monoisotopic (exact) mass is 298 g/mol. The number of rotatable bonds is 2. The van der Waals surface area contributed by atoms with Crippen LogP contribution in [0.1, 0.15) is 10.4 Å². The van der Waals surface area contributed by atoms with Crippen LogP contribution in [0, 0.1) is 5.82 Å². The molecule has 0 unspecified atom stereocenters. The number of anilines is 2. The highest BCUT2D eigenvalue weighted by Gasteiger charge is 2.09. The van der Waals surface area contributed by atoms with E-state index in [-0.39, 0.29) is 5.02 Å². The van der Waals surface area contributed by atoms with E-state index in [1.54, 1.807) is 0 Å². The molecule has 0 fully saturated rings. The van der Waals surface area contributed by atoms with Crippen molar-refractivity contribution in [2.45, 2.75) is 0 Å². The lowest BCUT2D eigenvalue weighted by molar-refractivity contribution is 0.102. The highest BCUT2D eigenvalue weighted by atomic mass is 35.5. The summed E-state index contributed by atoms with van der Waals surface area (Å²) in [5.41, 5.74) is 6.55. The maximum Gasteiger partial charge on any atom is 0.255 e. The Labute approximate surface area is 119 Å². The van der Waals surface area contributed by atoms with Crippen LogP contribution in [0.4, 0.5) is 15.8 Å². The zero-order valence-corrected chi connectivity index (χ0v) is 11.1. The van der Waals surface area contributed by atoms with E-state index in [0.717, 1.165) is 6.07 Å². The van der Waals surface area contributed by atoms with Crippen LogP contribution < -0.4 is 11.1 Å². The number of carbonyl (C=O) groups excluding carboxylic acids is 1. The Morgan fingerprint density at radius 3 is 2.42 bits per heavy atom. The lowest BCUT2D eigenvalue weighted by Gasteiger charge is -2.07. The van der Waals surface area contributed by atoms with E-state index in [2.05, 4.69) is 5.32 Å². The number of hydrogen-bond acceptors (Lipinski definition) is 2. The van der Waals surface area contributed by atoms with Crippen molar-refractivity contribution < 1.29 is 9.18 Å². The molecule has 0 saturated heterocycles. The number of amides is 1. The standard InChI is InChI=1S/C13H9Cl2FN2O/c14-9-4-2-8(6-11(9)16)18-13(19)7-1-3-10(15)12(17)5-7/h1-6H,17H2,(H,18,19). The number of carbonyl (C=O) groups is 1. The first kappa shape index (κ1) is 13.6. The van der Waals surface area contributed by atoms with Gasteiger partial charge in [0.25, 0.3) is 5.91 Å². The molecule has 2 rings (SSSR count). The molecule has 0 aliphatic carbocycles. The summed E-state index contributed by atoms with van der Waals surface area (Å²) >= 11 is 11.3. The van der Waals surface area contributed by atoms with E-state index in [4.69, 9.17) is 28.9 Å². The number of nitrogen functional groups attached to an aromatic ring is 1. The number of halogens is 3. The van der Waals surface area contributed by atoms with Crippen LogP contribution in [0.5, 0.6) is 0 Å². The minimum absolute atomic E-state index is 0.00580. The second kappa shape index (κ2) is 5.47. The van der Waals surface area contributed by atoms with Gasteiger partial charge in [-0.3, -0.25) is 4.79 Å². The Bertz CT molecular complexity index is 647. The van der Waals surface area contributed by atoms with Gasteiger partial charge in [0.1, 0.15) is 5.82 Å². The molecule has 0 atom stereocenters. The molecule has 0 spiro atoms. The van der Waals surface area contributed by atoms with Crippen molar-refractivity contribution >= 4 is 40.5 Å². The Balaban J connectivity index is 2.20. The van der Waals surface area contributed by atoms with E-state index in [1.165, 1.54) is 30.3 Å². The van der Waals surface area contributed by atoms with Gasteiger partial charge in [-0.05, 0) is 36.4 Å². The van der Waals surface area contributed by atoms with Gasteiger partial charge in [-0.1, -0.05) is 23.2 Å². The van der Waals surface area contributed by atoms with Gasteiger partial charge in [0.15, 0.2) is 0 Å². The third-order valence-corrected chi connectivity index (χ3v) is 3.09. The summed E-state index contributed by atoms with van der Waals surface area (Å²) < 4.78 is 13.2. The normalized spacial score (nSPS) is 10.3. The van der Waals surface area contributed by atoms with Crippen molar-refractivity contribution in [3.8, 4) is 0 Å². The van der Waals surface area contributed by atoms with E-state index in [0.29, 0.717) is 22.0 Å². The number of nitrogens with two attached hydrogens (primary N) is 1. The zero-order valence-electron chi connectivity index (χ0n) is 9.58. The predicted octanol–water partition coefficient (Wildman–Crippen LogP) is 3.97. The average molecular weight is 299 g/mol. The Morgan fingerprint density at radius 1 is 1.11 bits per heavy atom. The molecule has 3 nitrogen and oxygen atoms in total. The smallest absolute Gasteiger partial charge is 0.255 e. The lowest BCUT2D eigenvalue weighted by atomic mass is 10.2. The highest BCUT2D eigenvalue weighted by molar-refractivity contribution is 6.33. The molecule has 3 N–H and O–H groups in total. The van der Waals surface area contributed by atoms with E-state index in [1.807, 2.05) is 0 Å². The molecule has 0 aromatic heterocycles. The summed E-state index contributed by atoms with van der Waals surface area (Å²) in [6.45, 7) is 0. The SMILES string of the molecule is Nc1cc(C(=O)Nc2ccc(Cl)c(F)c2)ccc1Cl. The summed E-state index contributed by atoms with van der Waals surface area (Å²) in [4.78, 5) is 11.9. The van der Waals surface area contributed by atoms with E-state index < -0.39 is 11.7 Å². The van der Waals surface area contributed by atoms with Gasteiger partial charge in [-0.25, -0.2) is 4.39 Å². The van der Waals surface area contributed by atoms with Crippen LogP contribution >= 0.6 is 23.2 Å². The summed E-state index contributed by atoms with van der Waals surface area (Å²) in [6.07, 6.45) is 0. The topological polar surface area (TPSA) is 55.1 Å². The fourth-order valence-corrected chi connectivity index (χ4v) is 1.70. The molecule has 2 aromatic carbocycles. The van der Waals surface area contributed by atoms with Gasteiger partial charge in [-0.15, -0.1) is 0 Å². The van der Waals surface area contributed by atoms with Gasteiger partial charge in [0.05, 0.1) is 15.7 Å². The van der Waals surface area contributed by atoms with Crippen molar-refractivity contribution in [2.75, 3.05) is 11.1 Å². The summed E-state index contributed by atoms with van der Waals surface area (Å²) in [6, 6.07) is 8.50. The molecule has 0 aliphatic rings. The largest absolute Gasteiger partial charge is 0.398 e. The van der Waals surface area contributed by atoms with Crippen LogP contribution in [-0.4, -0.2) is 5.91 Å². The first-order valence-electron chi connectivity index (χ1n) is 5.29. The van der Waals surface area contributed by atoms with Gasteiger partial charge >= 0.3 is 0 Å². The molecule has 0 radical (unpaired) electrons. The second-order valence-electron chi connectivity index (χ2n) is 3.82. The lowest BCUT2D eigenvalue weighted by Crippen LogP contribution is -2.12. The van der Waals surface area contributed by atoms with Crippen molar-refractivity contribution in [1.29, 1.82) is 0 Å². The molecule has 0 bridgehead atoms. The Morgan fingerprint density at radius 2 is 1.79 bits per heavy atom. The van der Waals surface area contributed by atoms with Gasteiger partial charge < -0.3 is 11.1 Å². The molecule has 2 aromatic rings. The molecule has 19 heavy (non-hydrogen) atoms. The minimum atomic E-state index is -0.602. The van der Waals surface area contributed by atoms with Crippen LogP contribution in [0.2, 0.25) is 10.0 Å². The van der Waals surface area contributed by atoms with Crippen molar-refractivity contribution in [1.82, 2.24) is 0 Å². The quantitative estimate of drug-likeness (QED) is 0.824. The van der Waals surface area contributed by atoms with Crippen molar-refractivity contribution in [3.05, 3.63) is 57.8 Å². The Kier molecular flexibility index (Phi) is 3.93. The zero-order chi connectivity index (χ0) is 14.0. The van der Waals surface area contributed by atoms with E-state index >= 15 is 0 Å². The van der Waals surface area contributed by atoms with Crippen molar-refractivity contribution in [2.24, 2.45) is 0 Å². The highest BCUT2D eigenvalue weighted by Crippen LogP contribution is 2.22. The van der Waals surface area contributed by atoms with Gasteiger partial charge in [0, 0.05) is 11.3 Å². The molecule has 1 amide bonds. The van der Waals surface area contributed by atoms with Crippen LogP contribution in [0.25, 0.3) is 0 Å². The molecular weight excluding hydrogens is 290 g/mol. The fourth-order valence-electron chi connectivity index (χ4n) is 1.46. The number of benzene rings is 2. The molecule has 0 saturated carbocycles. The van der Waals surface area contributed by atoms with Crippen molar-refractivity contribution in [3.63, 3.8) is 0 Å². The third kappa shape index (κ3) is 3.16. The molecule has 98 valence electrons. The second-order valence-corrected chi connectivity index (χ2v) is 4.63. The summed E-state index contributed by atoms with van der Waals surface area (Å²) in [5, 5.41) is 2.90. The van der Waals surface area contributed by atoms with Crippen LogP contribution in [0.15, 0.2) is 36.4 Å². The molecular formula is C13H9Cl2FN2O. The number of nitrogens with one attached hydrogen (secondary N) is 1. The van der Waals surface area contributed by atoms with Crippen LogP contribution in [0.3, 0.4) is 0 Å². The molecule has 6 heteroatoms. The summed E-state index contributed by atoms with van der Waals surface area (Å²) in [7, 11) is 0. The molecule has 0 heterocycles. The third-order valence-electron chi connectivity index (χ3n) is 2.44. The Hall–Kier alpha value is -1.78. The first-order chi connectivity index (χ1) is 8.97. The maximum atomic E-state index is 13.2. The summed E-state index contributed by atoms with van der Waals surface area (Å²) in [5.74, 6) is -1.01. The van der Waals surface area contributed by atoms with Gasteiger partial charge in [0.2, 0.25) is 0 Å². The predicted molar refractivity (Wildman–Crippen MR) is 75.2 cm³/mol. The fraction of sp³-hybridized carbons (Fsp3) is 0. The van der Waals surface area contributed by atoms with Crippen LogP contribution in [-0.2, 0) is 0 Å². The van der Waals surface area contributed by atoms with E-state index in [9.17, 15) is 9.18 Å².